The minimum absolute atomic E-state index is 0.101. The van der Waals surface area contributed by atoms with E-state index in [1.165, 1.54) is 0 Å². The molecular formula is C16H16F8N2OS. The standard InChI is InChI=1S/C16H16F8N2OS/c17-16(18,19)14-8-11(15(27)12-3-1-2-6-25-12)10-5-4-9(7-13(10)26-14)28(20,21,22,23)24/h4-5,7-8,12,15,25,27H,1-3,6H2/t12-,15+/m1/s1. The number of rotatable bonds is 3. The summed E-state index contributed by atoms with van der Waals surface area (Å²) in [4.78, 5) is 0.763. The normalized spacial score (nSPS) is 22.5. The number of benzene rings is 1. The van der Waals surface area contributed by atoms with Crippen molar-refractivity contribution in [3.8, 4) is 0 Å². The Bertz CT molecular complexity index is 907. The Kier molecular flexibility index (Phi) is 4.46. The van der Waals surface area contributed by atoms with E-state index in [1.54, 1.807) is 0 Å². The SMILES string of the molecule is O[C@@H](c1cc(C(F)(F)F)nc2cc(S(F)(F)(F)(F)F)ccc12)[C@H]1CCCCN1. The van der Waals surface area contributed by atoms with E-state index in [0.29, 0.717) is 31.5 Å². The first-order chi connectivity index (χ1) is 12.6. The molecule has 2 N–H and O–H groups in total. The van der Waals surface area contributed by atoms with Gasteiger partial charge in [0, 0.05) is 11.4 Å². The lowest BCUT2D eigenvalue weighted by Crippen LogP contribution is -2.39. The molecule has 3 rings (SSSR count). The van der Waals surface area contributed by atoms with Crippen molar-refractivity contribution in [2.75, 3.05) is 6.54 Å². The maximum atomic E-state index is 13.2. The van der Waals surface area contributed by atoms with Crippen LogP contribution in [-0.2, 0) is 6.18 Å². The van der Waals surface area contributed by atoms with Gasteiger partial charge in [-0.25, -0.2) is 4.98 Å². The molecular weight excluding hydrogens is 420 g/mol. The lowest BCUT2D eigenvalue weighted by atomic mass is 9.92. The molecule has 0 radical (unpaired) electrons. The Balaban J connectivity index is 2.22. The van der Waals surface area contributed by atoms with Crippen LogP contribution in [0.4, 0.5) is 32.6 Å². The maximum Gasteiger partial charge on any atom is 0.433 e. The summed E-state index contributed by atoms with van der Waals surface area (Å²) in [6.45, 7) is 0.519. The van der Waals surface area contributed by atoms with Crippen molar-refractivity contribution < 1.29 is 37.7 Å². The fourth-order valence-corrected chi connectivity index (χ4v) is 3.89. The van der Waals surface area contributed by atoms with Crippen molar-refractivity contribution >= 4 is 21.1 Å². The van der Waals surface area contributed by atoms with Gasteiger partial charge >= 0.3 is 16.4 Å². The topological polar surface area (TPSA) is 45.2 Å². The van der Waals surface area contributed by atoms with Gasteiger partial charge in [0.05, 0.1) is 11.6 Å². The van der Waals surface area contributed by atoms with Crippen molar-refractivity contribution in [1.29, 1.82) is 0 Å². The smallest absolute Gasteiger partial charge is 0.387 e. The number of aliphatic hydroxyl groups excluding tert-OH is 1. The Morgan fingerprint density at radius 1 is 1.07 bits per heavy atom. The number of fused-ring (bicyclic) bond motifs is 1. The third kappa shape index (κ3) is 4.33. The van der Waals surface area contributed by atoms with E-state index < -0.39 is 44.7 Å². The molecule has 2 aromatic rings. The molecule has 1 aromatic heterocycles. The van der Waals surface area contributed by atoms with Crippen LogP contribution in [0.5, 0.6) is 0 Å². The molecule has 1 aliphatic rings. The fraction of sp³-hybridized carbons (Fsp3) is 0.438. The molecule has 1 aromatic carbocycles. The van der Waals surface area contributed by atoms with Gasteiger partial charge in [0.2, 0.25) is 0 Å². The number of aliphatic hydroxyl groups is 1. The molecule has 0 bridgehead atoms. The van der Waals surface area contributed by atoms with Gasteiger partial charge in [-0.1, -0.05) is 31.9 Å². The van der Waals surface area contributed by atoms with E-state index in [1.807, 2.05) is 0 Å². The lowest BCUT2D eigenvalue weighted by Gasteiger charge is -2.40. The first-order valence-electron chi connectivity index (χ1n) is 8.24. The van der Waals surface area contributed by atoms with Crippen LogP contribution >= 0.6 is 10.2 Å². The van der Waals surface area contributed by atoms with Crippen LogP contribution in [0.1, 0.15) is 36.6 Å². The fourth-order valence-electron chi connectivity index (χ4n) is 3.23. The lowest BCUT2D eigenvalue weighted by molar-refractivity contribution is -0.141. The predicted octanol–water partition coefficient (Wildman–Crippen LogP) is 6.09. The average molecular weight is 436 g/mol. The maximum absolute atomic E-state index is 13.2. The molecule has 0 saturated carbocycles. The summed E-state index contributed by atoms with van der Waals surface area (Å²) in [6, 6.07) is 0.551. The third-order valence-electron chi connectivity index (χ3n) is 4.60. The quantitative estimate of drug-likeness (QED) is 0.573. The van der Waals surface area contributed by atoms with Gasteiger partial charge in [0.25, 0.3) is 0 Å². The largest absolute Gasteiger partial charge is 0.433 e. The van der Waals surface area contributed by atoms with Crippen molar-refractivity contribution in [2.24, 2.45) is 0 Å². The van der Waals surface area contributed by atoms with Gasteiger partial charge in [0.1, 0.15) is 10.6 Å². The van der Waals surface area contributed by atoms with Gasteiger partial charge in [-0.05, 0) is 43.1 Å². The van der Waals surface area contributed by atoms with Crippen LogP contribution < -0.4 is 5.32 Å². The van der Waals surface area contributed by atoms with E-state index in [2.05, 4.69) is 10.3 Å². The monoisotopic (exact) mass is 436 g/mol. The molecule has 2 heterocycles. The number of pyridine rings is 1. The summed E-state index contributed by atoms with van der Waals surface area (Å²) in [5.74, 6) is 0. The highest BCUT2D eigenvalue weighted by Gasteiger charge is 2.65. The Morgan fingerprint density at radius 3 is 2.29 bits per heavy atom. The Morgan fingerprint density at radius 2 is 1.75 bits per heavy atom. The second kappa shape index (κ2) is 5.92. The predicted molar refractivity (Wildman–Crippen MR) is 88.7 cm³/mol. The molecule has 0 aliphatic carbocycles. The molecule has 0 amide bonds. The molecule has 3 nitrogen and oxygen atoms in total. The van der Waals surface area contributed by atoms with Crippen LogP contribution in [-0.4, -0.2) is 22.7 Å². The summed E-state index contributed by atoms with van der Waals surface area (Å²) in [5, 5.41) is 13.2. The molecule has 12 heteroatoms. The molecule has 1 saturated heterocycles. The number of halogens is 8. The summed E-state index contributed by atoms with van der Waals surface area (Å²) in [6.07, 6.45) is -4.55. The molecule has 2 atom stereocenters. The molecule has 1 aliphatic heterocycles. The minimum atomic E-state index is -10.1. The molecule has 158 valence electrons. The summed E-state index contributed by atoms with van der Waals surface area (Å²) >= 11 is 0. The van der Waals surface area contributed by atoms with Crippen LogP contribution in [0, 0.1) is 0 Å². The average Bonchev–Trinajstić information content (AvgIpc) is 2.57. The number of hydrogen-bond donors (Lipinski definition) is 2. The van der Waals surface area contributed by atoms with Gasteiger partial charge in [0.15, 0.2) is 0 Å². The summed E-state index contributed by atoms with van der Waals surface area (Å²) < 4.78 is 105. The molecule has 0 spiro atoms. The van der Waals surface area contributed by atoms with Gasteiger partial charge < -0.3 is 10.4 Å². The van der Waals surface area contributed by atoms with Crippen molar-refractivity contribution in [1.82, 2.24) is 10.3 Å². The highest BCUT2D eigenvalue weighted by molar-refractivity contribution is 8.45. The van der Waals surface area contributed by atoms with Crippen LogP contribution in [0.15, 0.2) is 29.2 Å². The van der Waals surface area contributed by atoms with E-state index in [4.69, 9.17) is 0 Å². The van der Waals surface area contributed by atoms with Crippen LogP contribution in [0.2, 0.25) is 0 Å². The Labute approximate surface area is 154 Å². The molecule has 1 fully saturated rings. The zero-order chi connectivity index (χ0) is 21.0. The van der Waals surface area contributed by atoms with Crippen molar-refractivity contribution in [3.63, 3.8) is 0 Å². The molecule has 28 heavy (non-hydrogen) atoms. The highest BCUT2D eigenvalue weighted by atomic mass is 32.5. The number of nitrogens with zero attached hydrogens (tertiary/aromatic N) is 1. The van der Waals surface area contributed by atoms with Crippen molar-refractivity contribution in [3.05, 3.63) is 35.5 Å². The zero-order valence-electron chi connectivity index (χ0n) is 14.1. The van der Waals surface area contributed by atoms with Gasteiger partial charge in [-0.15, -0.1) is 0 Å². The number of nitrogens with one attached hydrogen (secondary N) is 1. The number of aromatic nitrogens is 1. The second-order valence-electron chi connectivity index (χ2n) is 6.74. The van der Waals surface area contributed by atoms with E-state index in [9.17, 15) is 37.7 Å². The first-order valence-corrected chi connectivity index (χ1v) is 10.2. The first kappa shape index (κ1) is 21.1. The van der Waals surface area contributed by atoms with E-state index in [0.717, 1.165) is 6.42 Å². The van der Waals surface area contributed by atoms with E-state index in [-0.39, 0.29) is 23.1 Å². The Hall–Kier alpha value is -1.66. The van der Waals surface area contributed by atoms with Gasteiger partial charge in [-0.3, -0.25) is 0 Å². The minimum Gasteiger partial charge on any atom is -0.387 e. The third-order valence-corrected chi connectivity index (χ3v) is 5.74. The van der Waals surface area contributed by atoms with Gasteiger partial charge in [-0.2, -0.15) is 13.2 Å². The summed E-state index contributed by atoms with van der Waals surface area (Å²) in [5.41, 5.74) is -2.79. The summed E-state index contributed by atoms with van der Waals surface area (Å²) in [7, 11) is -10.1. The number of hydrogen-bond acceptors (Lipinski definition) is 3. The highest BCUT2D eigenvalue weighted by Crippen LogP contribution is 3.02. The number of piperidine rings is 1. The second-order valence-corrected chi connectivity index (χ2v) is 9.15. The van der Waals surface area contributed by atoms with E-state index >= 15 is 0 Å². The van der Waals surface area contributed by atoms with Crippen LogP contribution in [0.25, 0.3) is 10.9 Å². The van der Waals surface area contributed by atoms with Crippen LogP contribution in [0.3, 0.4) is 0 Å². The zero-order valence-corrected chi connectivity index (χ0v) is 14.9. The number of alkyl halides is 3. The van der Waals surface area contributed by atoms with Crippen molar-refractivity contribution in [2.45, 2.75) is 42.5 Å². The molecule has 0 unspecified atom stereocenters.